The maximum Gasteiger partial charge on any atom is 0.341 e. The molecule has 1 aliphatic heterocycles. The third kappa shape index (κ3) is 2.77. The molecule has 1 saturated heterocycles. The van der Waals surface area contributed by atoms with Gasteiger partial charge in [-0.3, -0.25) is 9.59 Å². The summed E-state index contributed by atoms with van der Waals surface area (Å²) in [6, 6.07) is 4.94. The van der Waals surface area contributed by atoms with Gasteiger partial charge in [0.15, 0.2) is 18.1 Å². The van der Waals surface area contributed by atoms with E-state index in [1.165, 1.54) is 13.3 Å². The second kappa shape index (κ2) is 6.53. The lowest BCUT2D eigenvalue weighted by molar-refractivity contribution is -0.141. The Hall–Kier alpha value is -3.16. The number of carboxylic acid groups (broad SMARTS) is 1. The molecule has 8 nitrogen and oxygen atoms in total. The summed E-state index contributed by atoms with van der Waals surface area (Å²) in [6.45, 7) is -0.554. The van der Waals surface area contributed by atoms with Gasteiger partial charge in [-0.25, -0.2) is 4.79 Å². The Labute approximate surface area is 155 Å². The molecule has 2 fully saturated rings. The van der Waals surface area contributed by atoms with Crippen LogP contribution in [-0.4, -0.2) is 47.8 Å². The maximum absolute atomic E-state index is 12.7. The summed E-state index contributed by atoms with van der Waals surface area (Å²) in [5.74, 6) is -1.60. The predicted molar refractivity (Wildman–Crippen MR) is 93.3 cm³/mol. The number of imide groups is 1. The number of ether oxygens (including phenoxy) is 2. The number of para-hydroxylation sites is 1. The summed E-state index contributed by atoms with van der Waals surface area (Å²) in [5.41, 5.74) is 0.411. The van der Waals surface area contributed by atoms with E-state index in [1.54, 1.807) is 18.2 Å². The van der Waals surface area contributed by atoms with Gasteiger partial charge >= 0.3 is 5.97 Å². The number of hydrogen-bond acceptors (Lipinski definition) is 6. The first-order valence-electron chi connectivity index (χ1n) is 8.63. The molecule has 0 aromatic heterocycles. The molecule has 4 unspecified atom stereocenters. The Morgan fingerprint density at radius 1 is 1.26 bits per heavy atom. The molecular formula is C19H18N2O6. The van der Waals surface area contributed by atoms with Crippen LogP contribution in [0.2, 0.25) is 0 Å². The lowest BCUT2D eigenvalue weighted by Gasteiger charge is -2.13. The number of carboxylic acids is 1. The number of allylic oxidation sites excluding steroid dienone is 2. The van der Waals surface area contributed by atoms with Crippen molar-refractivity contribution < 1.29 is 29.0 Å². The van der Waals surface area contributed by atoms with Gasteiger partial charge in [0, 0.05) is 5.56 Å². The maximum atomic E-state index is 12.7. The van der Waals surface area contributed by atoms with Crippen molar-refractivity contribution in [3.05, 3.63) is 35.9 Å². The van der Waals surface area contributed by atoms with Crippen LogP contribution in [0, 0.1) is 23.7 Å². The highest BCUT2D eigenvalue weighted by atomic mass is 16.5. The molecule has 1 saturated carbocycles. The highest BCUT2D eigenvalue weighted by Crippen LogP contribution is 2.52. The van der Waals surface area contributed by atoms with Crippen molar-refractivity contribution in [3.8, 4) is 11.5 Å². The number of carbonyl (C=O) groups excluding carboxylic acids is 2. The van der Waals surface area contributed by atoms with Crippen molar-refractivity contribution in [2.75, 3.05) is 13.7 Å². The van der Waals surface area contributed by atoms with E-state index in [2.05, 4.69) is 5.10 Å². The van der Waals surface area contributed by atoms with Crippen LogP contribution in [0.25, 0.3) is 0 Å². The normalized spacial score (nSPS) is 28.3. The molecule has 0 radical (unpaired) electrons. The lowest BCUT2D eigenvalue weighted by atomic mass is 9.85. The van der Waals surface area contributed by atoms with E-state index in [4.69, 9.17) is 14.6 Å². The van der Waals surface area contributed by atoms with Crippen molar-refractivity contribution in [1.29, 1.82) is 0 Å². The number of nitrogens with zero attached hydrogens (tertiary/aromatic N) is 2. The zero-order valence-electron chi connectivity index (χ0n) is 14.6. The lowest BCUT2D eigenvalue weighted by Crippen LogP contribution is -2.28. The number of hydrazone groups is 1. The van der Waals surface area contributed by atoms with Crippen LogP contribution < -0.4 is 9.47 Å². The minimum absolute atomic E-state index is 0.114. The highest BCUT2D eigenvalue weighted by Gasteiger charge is 2.59. The summed E-state index contributed by atoms with van der Waals surface area (Å²) in [7, 11) is 1.43. The molecule has 2 amide bonds. The van der Waals surface area contributed by atoms with E-state index < -0.39 is 12.6 Å². The molecule has 1 N–H and O–H groups in total. The zero-order chi connectivity index (χ0) is 19.1. The second-order valence-corrected chi connectivity index (χ2v) is 6.79. The van der Waals surface area contributed by atoms with Crippen LogP contribution in [0.5, 0.6) is 11.5 Å². The third-order valence-electron chi connectivity index (χ3n) is 5.33. The molecule has 1 heterocycles. The van der Waals surface area contributed by atoms with E-state index >= 15 is 0 Å². The Balaban J connectivity index is 1.59. The topological polar surface area (TPSA) is 106 Å². The highest BCUT2D eigenvalue weighted by molar-refractivity contribution is 6.07. The number of amides is 2. The van der Waals surface area contributed by atoms with Crippen LogP contribution >= 0.6 is 0 Å². The first kappa shape index (κ1) is 17.3. The Morgan fingerprint density at radius 2 is 1.93 bits per heavy atom. The summed E-state index contributed by atoms with van der Waals surface area (Å²) in [6.07, 6.45) is 6.22. The van der Waals surface area contributed by atoms with Gasteiger partial charge in [0.2, 0.25) is 0 Å². The first-order valence-corrected chi connectivity index (χ1v) is 8.63. The fourth-order valence-corrected chi connectivity index (χ4v) is 4.20. The minimum atomic E-state index is -1.13. The quantitative estimate of drug-likeness (QED) is 0.460. The molecule has 140 valence electrons. The second-order valence-electron chi connectivity index (χ2n) is 6.79. The van der Waals surface area contributed by atoms with Gasteiger partial charge in [-0.15, -0.1) is 0 Å². The van der Waals surface area contributed by atoms with Crippen LogP contribution in [-0.2, 0) is 14.4 Å². The first-order chi connectivity index (χ1) is 13.0. The number of carbonyl (C=O) groups is 3. The van der Waals surface area contributed by atoms with Crippen LogP contribution in [0.15, 0.2) is 35.5 Å². The largest absolute Gasteiger partial charge is 0.493 e. The van der Waals surface area contributed by atoms with Crippen molar-refractivity contribution >= 4 is 24.0 Å². The van der Waals surface area contributed by atoms with Crippen molar-refractivity contribution in [2.24, 2.45) is 28.8 Å². The number of hydrogen-bond donors (Lipinski definition) is 1. The fraction of sp³-hybridized carbons (Fsp3) is 0.368. The monoisotopic (exact) mass is 370 g/mol. The van der Waals surface area contributed by atoms with Gasteiger partial charge in [-0.2, -0.15) is 10.1 Å². The Morgan fingerprint density at radius 3 is 2.52 bits per heavy atom. The Bertz CT molecular complexity index is 847. The van der Waals surface area contributed by atoms with Crippen LogP contribution in [0.1, 0.15) is 12.0 Å². The van der Waals surface area contributed by atoms with Gasteiger partial charge in [0.05, 0.1) is 25.2 Å². The number of aliphatic carboxylic acids is 1. The summed E-state index contributed by atoms with van der Waals surface area (Å²) < 4.78 is 10.5. The molecule has 3 aliphatic rings. The van der Waals surface area contributed by atoms with Gasteiger partial charge in [0.1, 0.15) is 0 Å². The van der Waals surface area contributed by atoms with Gasteiger partial charge in [-0.1, -0.05) is 18.2 Å². The van der Waals surface area contributed by atoms with Crippen LogP contribution in [0.3, 0.4) is 0 Å². The van der Waals surface area contributed by atoms with Crippen LogP contribution in [0.4, 0.5) is 0 Å². The number of rotatable bonds is 6. The molecule has 2 bridgehead atoms. The average Bonchev–Trinajstić information content (AvgIpc) is 3.33. The fourth-order valence-electron chi connectivity index (χ4n) is 4.20. The smallest absolute Gasteiger partial charge is 0.341 e. The molecule has 2 aliphatic carbocycles. The molecule has 8 heteroatoms. The van der Waals surface area contributed by atoms with E-state index in [1.807, 2.05) is 12.2 Å². The average molecular weight is 370 g/mol. The molecule has 0 spiro atoms. The summed E-state index contributed by atoms with van der Waals surface area (Å²) in [5, 5.41) is 13.9. The number of methoxy groups -OCH3 is 1. The molecule has 4 atom stereocenters. The standard InChI is InChI=1S/C19H18N2O6/c1-26-13-4-2-3-12(17(13)27-9-14(22)23)8-20-21-18(24)15-10-5-6-11(7-10)16(15)19(21)25/h2-6,8,10-11,15-16H,7,9H2,1H3,(H,22,23). The van der Waals surface area contributed by atoms with Gasteiger partial charge < -0.3 is 14.6 Å². The number of fused-ring (bicyclic) bond motifs is 5. The zero-order valence-corrected chi connectivity index (χ0v) is 14.6. The van der Waals surface area contributed by atoms with Crippen molar-refractivity contribution in [1.82, 2.24) is 5.01 Å². The van der Waals surface area contributed by atoms with E-state index in [9.17, 15) is 14.4 Å². The molecular weight excluding hydrogens is 352 g/mol. The molecule has 1 aromatic rings. The van der Waals surface area contributed by atoms with Gasteiger partial charge in [0.25, 0.3) is 11.8 Å². The van der Waals surface area contributed by atoms with E-state index in [0.717, 1.165) is 11.4 Å². The SMILES string of the molecule is COc1cccc(C=NN2C(=O)C3C4C=CC(C4)C3C2=O)c1OCC(=O)O. The summed E-state index contributed by atoms with van der Waals surface area (Å²) in [4.78, 5) is 36.1. The number of benzene rings is 1. The van der Waals surface area contributed by atoms with E-state index in [-0.39, 0.29) is 41.2 Å². The van der Waals surface area contributed by atoms with E-state index in [0.29, 0.717) is 11.3 Å². The third-order valence-corrected chi connectivity index (χ3v) is 5.33. The molecule has 4 rings (SSSR count). The van der Waals surface area contributed by atoms with Gasteiger partial charge in [-0.05, 0) is 30.4 Å². The molecule has 27 heavy (non-hydrogen) atoms. The summed E-state index contributed by atoms with van der Waals surface area (Å²) >= 11 is 0. The Kier molecular flexibility index (Phi) is 4.18. The van der Waals surface area contributed by atoms with Crippen molar-refractivity contribution in [2.45, 2.75) is 6.42 Å². The minimum Gasteiger partial charge on any atom is -0.493 e. The predicted octanol–water partition coefficient (Wildman–Crippen LogP) is 1.30. The molecule has 1 aromatic carbocycles. The van der Waals surface area contributed by atoms with Crippen molar-refractivity contribution in [3.63, 3.8) is 0 Å².